The van der Waals surface area contributed by atoms with Gasteiger partial charge in [-0.15, -0.1) is 0 Å². The molecular weight excluding hydrogens is 232 g/mol. The Morgan fingerprint density at radius 3 is 2.72 bits per heavy atom. The van der Waals surface area contributed by atoms with Gasteiger partial charge in [0.25, 0.3) is 0 Å². The summed E-state index contributed by atoms with van der Waals surface area (Å²) < 4.78 is 10.7. The van der Waals surface area contributed by atoms with Crippen molar-refractivity contribution < 1.29 is 19.4 Å². The van der Waals surface area contributed by atoms with Crippen LogP contribution in [0.25, 0.3) is 6.08 Å². The first kappa shape index (κ1) is 13.8. The number of ether oxygens (including phenoxy) is 2. The highest BCUT2D eigenvalue weighted by atomic mass is 16.5. The molecule has 1 N–H and O–H groups in total. The van der Waals surface area contributed by atoms with Crippen molar-refractivity contribution >= 4 is 12.0 Å². The van der Waals surface area contributed by atoms with Crippen LogP contribution in [0.3, 0.4) is 0 Å². The molecule has 0 spiro atoms. The van der Waals surface area contributed by atoms with Crippen molar-refractivity contribution in [3.05, 3.63) is 42.0 Å². The second-order valence-corrected chi connectivity index (χ2v) is 3.83. The largest absolute Gasteiger partial charge is 0.493 e. The summed E-state index contributed by atoms with van der Waals surface area (Å²) in [5.41, 5.74) is 1.64. The van der Waals surface area contributed by atoms with Crippen LogP contribution in [0.4, 0.5) is 0 Å². The summed E-state index contributed by atoms with van der Waals surface area (Å²) in [6.45, 7) is 6.04. The molecule has 96 valence electrons. The first-order valence-electron chi connectivity index (χ1n) is 5.39. The average molecular weight is 248 g/mol. The Balaban J connectivity index is 2.89. The molecule has 18 heavy (non-hydrogen) atoms. The molecule has 1 aromatic rings. The molecule has 0 amide bonds. The van der Waals surface area contributed by atoms with E-state index >= 15 is 0 Å². The van der Waals surface area contributed by atoms with Crippen LogP contribution in [0, 0.1) is 0 Å². The quantitative estimate of drug-likeness (QED) is 0.621. The van der Waals surface area contributed by atoms with Gasteiger partial charge in [-0.05, 0) is 36.3 Å². The molecule has 0 atom stereocenters. The lowest BCUT2D eigenvalue weighted by molar-refractivity contribution is -0.131. The maximum absolute atomic E-state index is 10.4. The smallest absolute Gasteiger partial charge is 0.328 e. The van der Waals surface area contributed by atoms with Crippen molar-refractivity contribution in [1.82, 2.24) is 0 Å². The third-order valence-corrected chi connectivity index (χ3v) is 2.08. The van der Waals surface area contributed by atoms with Crippen molar-refractivity contribution in [2.45, 2.75) is 6.92 Å². The van der Waals surface area contributed by atoms with E-state index in [1.54, 1.807) is 18.2 Å². The Morgan fingerprint density at radius 2 is 2.17 bits per heavy atom. The van der Waals surface area contributed by atoms with Crippen LogP contribution in [0.5, 0.6) is 11.5 Å². The van der Waals surface area contributed by atoms with Gasteiger partial charge in [0.1, 0.15) is 6.61 Å². The Morgan fingerprint density at radius 1 is 1.44 bits per heavy atom. The third-order valence-electron chi connectivity index (χ3n) is 2.08. The summed E-state index contributed by atoms with van der Waals surface area (Å²) >= 11 is 0. The number of hydrogen-bond donors (Lipinski definition) is 1. The highest BCUT2D eigenvalue weighted by molar-refractivity contribution is 5.85. The zero-order chi connectivity index (χ0) is 13.5. The molecule has 4 heteroatoms. The summed E-state index contributed by atoms with van der Waals surface area (Å²) in [6, 6.07) is 5.21. The predicted molar refractivity (Wildman–Crippen MR) is 70.0 cm³/mol. The molecule has 0 saturated carbocycles. The van der Waals surface area contributed by atoms with Gasteiger partial charge in [-0.1, -0.05) is 12.6 Å². The van der Waals surface area contributed by atoms with Gasteiger partial charge in [0.05, 0.1) is 7.11 Å². The molecule has 0 aliphatic carbocycles. The highest BCUT2D eigenvalue weighted by Gasteiger charge is 2.04. The fourth-order valence-electron chi connectivity index (χ4n) is 1.28. The minimum absolute atomic E-state index is 0.417. The van der Waals surface area contributed by atoms with Gasteiger partial charge in [-0.2, -0.15) is 0 Å². The molecular formula is C14H16O4. The van der Waals surface area contributed by atoms with E-state index in [-0.39, 0.29) is 0 Å². The Bertz CT molecular complexity index is 475. The highest BCUT2D eigenvalue weighted by Crippen LogP contribution is 2.28. The van der Waals surface area contributed by atoms with Crippen molar-refractivity contribution in [3.63, 3.8) is 0 Å². The molecule has 0 aliphatic rings. The van der Waals surface area contributed by atoms with Crippen LogP contribution in [0.1, 0.15) is 12.5 Å². The van der Waals surface area contributed by atoms with Gasteiger partial charge in [0, 0.05) is 6.08 Å². The lowest BCUT2D eigenvalue weighted by Gasteiger charge is -2.11. The van der Waals surface area contributed by atoms with Crippen LogP contribution >= 0.6 is 0 Å². The van der Waals surface area contributed by atoms with Gasteiger partial charge in [-0.25, -0.2) is 4.79 Å². The molecule has 0 unspecified atom stereocenters. The van der Waals surface area contributed by atoms with E-state index in [4.69, 9.17) is 14.6 Å². The second-order valence-electron chi connectivity index (χ2n) is 3.83. The summed E-state index contributed by atoms with van der Waals surface area (Å²) in [4.78, 5) is 10.4. The summed E-state index contributed by atoms with van der Waals surface area (Å²) in [6.07, 6.45) is 2.57. The Kier molecular flexibility index (Phi) is 4.99. The van der Waals surface area contributed by atoms with Crippen LogP contribution in [0.2, 0.25) is 0 Å². The molecule has 0 fully saturated rings. The van der Waals surface area contributed by atoms with Crippen LogP contribution < -0.4 is 9.47 Å². The molecule has 0 aromatic heterocycles. The van der Waals surface area contributed by atoms with Crippen LogP contribution in [-0.2, 0) is 4.79 Å². The van der Waals surface area contributed by atoms with Crippen molar-refractivity contribution in [2.24, 2.45) is 0 Å². The minimum atomic E-state index is -0.989. The number of aliphatic carboxylic acids is 1. The lowest BCUT2D eigenvalue weighted by atomic mass is 10.2. The van der Waals surface area contributed by atoms with E-state index in [2.05, 4.69) is 6.58 Å². The maximum Gasteiger partial charge on any atom is 0.328 e. The first-order chi connectivity index (χ1) is 8.52. The fraction of sp³-hybridized carbons (Fsp3) is 0.214. The zero-order valence-corrected chi connectivity index (χ0v) is 10.5. The molecule has 0 aliphatic heterocycles. The monoisotopic (exact) mass is 248 g/mol. The number of carbonyl (C=O) groups is 1. The van der Waals surface area contributed by atoms with E-state index in [1.165, 1.54) is 13.2 Å². The zero-order valence-electron chi connectivity index (χ0n) is 10.5. The fourth-order valence-corrected chi connectivity index (χ4v) is 1.28. The van der Waals surface area contributed by atoms with E-state index < -0.39 is 5.97 Å². The maximum atomic E-state index is 10.4. The minimum Gasteiger partial charge on any atom is -0.493 e. The van der Waals surface area contributed by atoms with Crippen molar-refractivity contribution in [1.29, 1.82) is 0 Å². The third kappa shape index (κ3) is 4.33. The van der Waals surface area contributed by atoms with E-state index in [9.17, 15) is 4.79 Å². The number of methoxy groups -OCH3 is 1. The normalized spacial score (nSPS) is 10.3. The number of carboxylic acid groups (broad SMARTS) is 1. The topological polar surface area (TPSA) is 55.8 Å². The Hall–Kier alpha value is -2.23. The Labute approximate surface area is 106 Å². The van der Waals surface area contributed by atoms with Crippen molar-refractivity contribution in [3.8, 4) is 11.5 Å². The standard InChI is InChI=1S/C14H16O4/c1-10(2)9-18-12-6-4-11(5-7-14(15)16)8-13(12)17-3/h4-8H,1,9H2,2-3H3,(H,15,16)/b7-5+. The van der Waals surface area contributed by atoms with Crippen LogP contribution in [-0.4, -0.2) is 24.8 Å². The van der Waals surface area contributed by atoms with E-state index in [0.717, 1.165) is 17.2 Å². The van der Waals surface area contributed by atoms with Gasteiger partial charge in [0.15, 0.2) is 11.5 Å². The molecule has 1 rings (SSSR count). The summed E-state index contributed by atoms with van der Waals surface area (Å²) in [5, 5.41) is 8.55. The number of rotatable bonds is 6. The van der Waals surface area contributed by atoms with E-state index in [1.807, 2.05) is 6.92 Å². The molecule has 0 bridgehead atoms. The molecule has 1 aromatic carbocycles. The molecule has 0 heterocycles. The second kappa shape index (κ2) is 6.49. The average Bonchev–Trinajstić information content (AvgIpc) is 2.34. The molecule has 0 radical (unpaired) electrons. The van der Waals surface area contributed by atoms with Crippen molar-refractivity contribution in [2.75, 3.05) is 13.7 Å². The SMILES string of the molecule is C=C(C)COc1ccc(/C=C/C(=O)O)cc1OC. The van der Waals surface area contributed by atoms with Gasteiger partial charge in [0.2, 0.25) is 0 Å². The molecule has 4 nitrogen and oxygen atoms in total. The van der Waals surface area contributed by atoms with Gasteiger partial charge < -0.3 is 14.6 Å². The number of hydrogen-bond acceptors (Lipinski definition) is 3. The summed E-state index contributed by atoms with van der Waals surface area (Å²) in [7, 11) is 1.54. The summed E-state index contributed by atoms with van der Waals surface area (Å²) in [5.74, 6) is 0.174. The number of carboxylic acids is 1. The number of benzene rings is 1. The predicted octanol–water partition coefficient (Wildman–Crippen LogP) is 2.75. The van der Waals surface area contributed by atoms with Gasteiger partial charge in [-0.3, -0.25) is 0 Å². The molecule has 0 saturated heterocycles. The lowest BCUT2D eigenvalue weighted by Crippen LogP contribution is -1.99. The van der Waals surface area contributed by atoms with Gasteiger partial charge >= 0.3 is 5.97 Å². The first-order valence-corrected chi connectivity index (χ1v) is 5.39. The van der Waals surface area contributed by atoms with E-state index in [0.29, 0.717) is 18.1 Å². The van der Waals surface area contributed by atoms with Crippen LogP contribution in [0.15, 0.2) is 36.4 Å².